The Kier molecular flexibility index (Phi) is 4.51. The smallest absolute Gasteiger partial charge is 0.251 e. The van der Waals surface area contributed by atoms with Crippen molar-refractivity contribution in [1.82, 2.24) is 14.9 Å². The normalized spacial score (nSPS) is 19.4. The lowest BCUT2D eigenvalue weighted by atomic mass is 10.0. The number of likely N-dealkylation sites (N-methyl/N-ethyl adjacent to an activating group) is 1. The highest BCUT2D eigenvalue weighted by Crippen LogP contribution is 2.18. The van der Waals surface area contributed by atoms with Gasteiger partial charge in [-0.2, -0.15) is 0 Å². The van der Waals surface area contributed by atoms with Crippen molar-refractivity contribution in [2.24, 2.45) is 0 Å². The van der Waals surface area contributed by atoms with Crippen LogP contribution < -0.4 is 5.32 Å². The lowest BCUT2D eigenvalue weighted by Crippen LogP contribution is -2.48. The number of hydrogen-bond donors (Lipinski definition) is 1. The van der Waals surface area contributed by atoms with Gasteiger partial charge < -0.3 is 10.1 Å². The molecule has 0 aromatic carbocycles. The maximum atomic E-state index is 12.0. The number of rotatable bonds is 4. The van der Waals surface area contributed by atoms with Gasteiger partial charge in [0, 0.05) is 26.6 Å². The fourth-order valence-corrected chi connectivity index (χ4v) is 2.16. The minimum absolute atomic E-state index is 0.172. The Morgan fingerprint density at radius 2 is 2.25 bits per heavy atom. The van der Waals surface area contributed by atoms with Gasteiger partial charge in [0.25, 0.3) is 5.91 Å². The van der Waals surface area contributed by atoms with Crippen molar-refractivity contribution in [3.05, 3.63) is 17.0 Å². The average Bonchev–Trinajstić information content (AvgIpc) is 2.39. The summed E-state index contributed by atoms with van der Waals surface area (Å²) < 4.78 is 4.95. The predicted molar refractivity (Wildman–Crippen MR) is 72.2 cm³/mol. The van der Waals surface area contributed by atoms with Gasteiger partial charge in [-0.1, -0.05) is 11.6 Å². The van der Waals surface area contributed by atoms with Crippen LogP contribution in [0.4, 0.5) is 5.82 Å². The molecule has 1 saturated heterocycles. The van der Waals surface area contributed by atoms with Gasteiger partial charge in [0.05, 0.1) is 0 Å². The fraction of sp³-hybridized carbons (Fsp3) is 0.500. The minimum Gasteiger partial charge on any atom is -0.377 e. The molecule has 0 radical (unpaired) electrons. The van der Waals surface area contributed by atoms with E-state index >= 15 is 0 Å². The van der Waals surface area contributed by atoms with E-state index in [0.717, 1.165) is 4.90 Å². The Morgan fingerprint density at radius 3 is 2.95 bits per heavy atom. The summed E-state index contributed by atoms with van der Waals surface area (Å²) in [7, 11) is 3.00. The van der Waals surface area contributed by atoms with Crippen LogP contribution in [0.25, 0.3) is 0 Å². The first-order chi connectivity index (χ1) is 9.51. The molecule has 0 spiro atoms. The molecule has 8 heteroatoms. The molecule has 108 valence electrons. The Balaban J connectivity index is 2.13. The zero-order valence-corrected chi connectivity index (χ0v) is 12.0. The average molecular weight is 299 g/mol. The summed E-state index contributed by atoms with van der Waals surface area (Å²) in [4.78, 5) is 32.7. The number of hydrogen-bond acceptors (Lipinski definition) is 6. The van der Waals surface area contributed by atoms with Gasteiger partial charge in [0.2, 0.25) is 5.91 Å². The summed E-state index contributed by atoms with van der Waals surface area (Å²) in [5.41, 5.74) is 0. The van der Waals surface area contributed by atoms with Crippen LogP contribution in [0.3, 0.4) is 0 Å². The number of piperidine rings is 1. The van der Waals surface area contributed by atoms with Crippen LogP contribution in [0.1, 0.15) is 18.7 Å². The quantitative estimate of drug-likeness (QED) is 0.655. The van der Waals surface area contributed by atoms with E-state index < -0.39 is 6.04 Å². The Labute approximate surface area is 121 Å². The molecule has 0 bridgehead atoms. The lowest BCUT2D eigenvalue weighted by Gasteiger charge is -2.28. The number of anilines is 1. The van der Waals surface area contributed by atoms with Crippen molar-refractivity contribution in [1.29, 1.82) is 0 Å². The van der Waals surface area contributed by atoms with Crippen LogP contribution in [0, 0.1) is 0 Å². The van der Waals surface area contributed by atoms with E-state index in [9.17, 15) is 9.59 Å². The zero-order chi connectivity index (χ0) is 14.7. The largest absolute Gasteiger partial charge is 0.377 e. The molecule has 0 aliphatic carbocycles. The molecule has 1 aromatic heterocycles. The van der Waals surface area contributed by atoms with E-state index in [2.05, 4.69) is 15.3 Å². The van der Waals surface area contributed by atoms with E-state index in [4.69, 9.17) is 16.3 Å². The molecule has 0 saturated carbocycles. The number of imide groups is 1. The molecule has 7 nitrogen and oxygen atoms in total. The monoisotopic (exact) mass is 298 g/mol. The second-order valence-corrected chi connectivity index (χ2v) is 4.84. The maximum Gasteiger partial charge on any atom is 0.251 e. The third-order valence-electron chi connectivity index (χ3n) is 2.99. The number of carbonyl (C=O) groups is 2. The lowest BCUT2D eigenvalue weighted by molar-refractivity contribution is -0.146. The molecule has 20 heavy (non-hydrogen) atoms. The van der Waals surface area contributed by atoms with Gasteiger partial charge in [-0.25, -0.2) is 9.97 Å². The molecule has 1 atom stereocenters. The summed E-state index contributed by atoms with van der Waals surface area (Å²) in [5, 5.41) is 3.25. The highest BCUT2D eigenvalue weighted by atomic mass is 35.5. The summed E-state index contributed by atoms with van der Waals surface area (Å²) in [6.07, 6.45) is 0.757. The first kappa shape index (κ1) is 14.7. The molecular formula is C12H15ClN4O3. The van der Waals surface area contributed by atoms with Crippen LogP contribution in [0.2, 0.25) is 5.15 Å². The molecule has 1 unspecified atom stereocenters. The maximum absolute atomic E-state index is 12.0. The van der Waals surface area contributed by atoms with Crippen LogP contribution in [0.15, 0.2) is 6.07 Å². The topological polar surface area (TPSA) is 84.4 Å². The van der Waals surface area contributed by atoms with Crippen molar-refractivity contribution in [2.75, 3.05) is 19.5 Å². The Morgan fingerprint density at radius 1 is 1.50 bits per heavy atom. The number of ether oxygens (including phenoxy) is 1. The van der Waals surface area contributed by atoms with Crippen molar-refractivity contribution < 1.29 is 14.3 Å². The third kappa shape index (κ3) is 3.23. The molecule has 2 amide bonds. The predicted octanol–water partition coefficient (Wildman–Crippen LogP) is 0.836. The fourth-order valence-electron chi connectivity index (χ4n) is 1.96. The van der Waals surface area contributed by atoms with Crippen LogP contribution in [-0.2, 0) is 20.9 Å². The summed E-state index contributed by atoms with van der Waals surface area (Å²) >= 11 is 5.90. The van der Waals surface area contributed by atoms with Crippen LogP contribution in [0.5, 0.6) is 0 Å². The molecule has 1 aliphatic heterocycles. The molecule has 1 N–H and O–H groups in total. The van der Waals surface area contributed by atoms with Crippen LogP contribution in [-0.4, -0.2) is 46.9 Å². The van der Waals surface area contributed by atoms with Crippen molar-refractivity contribution >= 4 is 29.2 Å². The number of halogens is 1. The Bertz CT molecular complexity index is 537. The van der Waals surface area contributed by atoms with E-state index in [-0.39, 0.29) is 23.6 Å². The molecular weight excluding hydrogens is 284 g/mol. The van der Waals surface area contributed by atoms with Crippen molar-refractivity contribution in [3.8, 4) is 0 Å². The van der Waals surface area contributed by atoms with Gasteiger partial charge in [0.15, 0.2) is 5.82 Å². The Hall–Kier alpha value is -1.73. The number of methoxy groups -OCH3 is 1. The van der Waals surface area contributed by atoms with E-state index in [1.807, 2.05) is 0 Å². The number of carbonyl (C=O) groups excluding carboxylic acids is 2. The minimum atomic E-state index is -0.487. The number of aromatic nitrogens is 2. The zero-order valence-electron chi connectivity index (χ0n) is 11.2. The van der Waals surface area contributed by atoms with Gasteiger partial charge in [-0.3, -0.25) is 14.5 Å². The second-order valence-electron chi connectivity index (χ2n) is 4.45. The molecule has 1 aromatic rings. The van der Waals surface area contributed by atoms with Gasteiger partial charge >= 0.3 is 0 Å². The van der Waals surface area contributed by atoms with Gasteiger partial charge in [-0.15, -0.1) is 0 Å². The molecule has 1 aliphatic rings. The van der Waals surface area contributed by atoms with Crippen LogP contribution >= 0.6 is 11.6 Å². The van der Waals surface area contributed by atoms with Crippen molar-refractivity contribution in [2.45, 2.75) is 25.5 Å². The molecule has 2 rings (SSSR count). The number of nitrogens with zero attached hydrogens (tertiary/aromatic N) is 3. The summed E-state index contributed by atoms with van der Waals surface area (Å²) in [5.74, 6) is 0.423. The SMILES string of the molecule is COCc1nc(Cl)cc(NC2CCC(=O)N(C)C2=O)n1. The molecule has 2 heterocycles. The van der Waals surface area contributed by atoms with Gasteiger partial charge in [-0.05, 0) is 6.42 Å². The van der Waals surface area contributed by atoms with Crippen molar-refractivity contribution in [3.63, 3.8) is 0 Å². The number of likely N-dealkylation sites (tertiary alicyclic amines) is 1. The first-order valence-corrected chi connectivity index (χ1v) is 6.48. The highest BCUT2D eigenvalue weighted by molar-refractivity contribution is 6.29. The molecule has 1 fully saturated rings. The standard InChI is InChI=1S/C12H15ClN4O3/c1-17-11(18)4-3-7(12(17)19)14-9-5-8(13)15-10(16-9)6-20-2/h5,7H,3-4,6H2,1-2H3,(H,14,15,16). The van der Waals surface area contributed by atoms with E-state index in [1.165, 1.54) is 20.2 Å². The first-order valence-electron chi connectivity index (χ1n) is 6.10. The van der Waals surface area contributed by atoms with E-state index in [0.29, 0.717) is 24.5 Å². The van der Waals surface area contributed by atoms with E-state index in [1.54, 1.807) is 0 Å². The highest BCUT2D eigenvalue weighted by Gasteiger charge is 2.31. The van der Waals surface area contributed by atoms with Gasteiger partial charge in [0.1, 0.15) is 23.6 Å². The number of amides is 2. The number of nitrogens with one attached hydrogen (secondary N) is 1. The summed E-state index contributed by atoms with van der Waals surface area (Å²) in [6, 6.07) is 1.05. The summed E-state index contributed by atoms with van der Waals surface area (Å²) in [6.45, 7) is 0.228. The third-order valence-corrected chi connectivity index (χ3v) is 3.18. The second kappa shape index (κ2) is 6.15.